The molecule has 12 heteroatoms. The summed E-state index contributed by atoms with van der Waals surface area (Å²) in [5.41, 5.74) is -3.33. The number of amides is 2. The fraction of sp³-hybridized carbons (Fsp3) is 0.652. The van der Waals surface area contributed by atoms with Crippen LogP contribution in [0.1, 0.15) is 54.0 Å². The van der Waals surface area contributed by atoms with Gasteiger partial charge in [0.05, 0.1) is 22.8 Å². The van der Waals surface area contributed by atoms with Gasteiger partial charge in [-0.1, -0.05) is 6.07 Å². The third-order valence-corrected chi connectivity index (χ3v) is 6.11. The number of hydrogen-bond acceptors (Lipinski definition) is 6. The van der Waals surface area contributed by atoms with E-state index in [2.05, 4.69) is 5.32 Å². The molecule has 8 nitrogen and oxygen atoms in total. The van der Waals surface area contributed by atoms with Crippen molar-refractivity contribution < 1.29 is 41.5 Å². The molecule has 35 heavy (non-hydrogen) atoms. The lowest BCUT2D eigenvalue weighted by Crippen LogP contribution is -2.62. The van der Waals surface area contributed by atoms with Crippen LogP contribution in [-0.4, -0.2) is 66.6 Å². The molecule has 0 atom stereocenters. The number of carbonyl (C=O) groups excluding carboxylic acids is 2. The minimum atomic E-state index is -4.68. The first-order chi connectivity index (χ1) is 15.9. The molecule has 1 aromatic rings. The molecule has 0 unspecified atom stereocenters. The molecular weight excluding hydrogens is 468 g/mol. The summed E-state index contributed by atoms with van der Waals surface area (Å²) in [6.07, 6.45) is -5.15. The second kappa shape index (κ2) is 9.20. The molecule has 2 fully saturated rings. The molecule has 0 aromatic heterocycles. The van der Waals surface area contributed by atoms with Crippen LogP contribution in [0.2, 0.25) is 0 Å². The summed E-state index contributed by atoms with van der Waals surface area (Å²) in [4.78, 5) is 25.6. The second-order valence-corrected chi connectivity index (χ2v) is 10.8. The van der Waals surface area contributed by atoms with E-state index in [4.69, 9.17) is 18.8 Å². The molecule has 2 aliphatic rings. The van der Waals surface area contributed by atoms with E-state index in [0.29, 0.717) is 0 Å². The van der Waals surface area contributed by atoms with E-state index in [1.54, 1.807) is 48.5 Å². The Morgan fingerprint density at radius 2 is 1.69 bits per heavy atom. The number of alkyl halides is 3. The van der Waals surface area contributed by atoms with Gasteiger partial charge in [0.15, 0.2) is 6.61 Å². The van der Waals surface area contributed by atoms with Crippen molar-refractivity contribution in [2.75, 3.05) is 19.7 Å². The molecule has 0 aliphatic carbocycles. The molecule has 0 radical (unpaired) electrons. The maximum Gasteiger partial charge on any atom is 0.495 e. The van der Waals surface area contributed by atoms with E-state index >= 15 is 0 Å². The first-order valence-corrected chi connectivity index (χ1v) is 11.3. The SMILES string of the molecule is CC(C)(C)OC(=O)N1CC(NC(=O)COc2ccc(B3OC(C)(C)C(C)(C)O3)c(C(F)(F)F)c2)C1. The smallest absolute Gasteiger partial charge is 0.484 e. The Hall–Kier alpha value is -2.47. The lowest BCUT2D eigenvalue weighted by atomic mass is 9.75. The van der Waals surface area contributed by atoms with Gasteiger partial charge in [-0.15, -0.1) is 0 Å². The number of likely N-dealkylation sites (tertiary alicyclic amines) is 1. The average molecular weight is 500 g/mol. The minimum Gasteiger partial charge on any atom is -0.484 e. The normalized spacial score (nSPS) is 19.8. The number of carbonyl (C=O) groups is 2. The number of ether oxygens (including phenoxy) is 2. The standard InChI is InChI=1S/C23H32BF3N2O6/c1-20(2,3)33-19(31)29-11-14(12-29)28-18(30)13-32-15-8-9-17(16(10-15)23(25,26)27)24-34-21(4,5)22(6,7)35-24/h8-10,14H,11-13H2,1-7H3,(H,28,30). The summed E-state index contributed by atoms with van der Waals surface area (Å²) >= 11 is 0. The summed E-state index contributed by atoms with van der Waals surface area (Å²) in [7, 11) is -1.19. The summed E-state index contributed by atoms with van der Waals surface area (Å²) in [5, 5.41) is 2.68. The highest BCUT2D eigenvalue weighted by Gasteiger charge is 2.53. The van der Waals surface area contributed by atoms with Crippen LogP contribution in [0, 0.1) is 0 Å². The third-order valence-electron chi connectivity index (χ3n) is 6.11. The molecule has 2 aliphatic heterocycles. The predicted octanol–water partition coefficient (Wildman–Crippen LogP) is 3.12. The Labute approximate surface area is 203 Å². The summed E-state index contributed by atoms with van der Waals surface area (Å²) < 4.78 is 63.5. The predicted molar refractivity (Wildman–Crippen MR) is 122 cm³/mol. The zero-order chi connectivity index (χ0) is 26.4. The summed E-state index contributed by atoms with van der Waals surface area (Å²) in [5.74, 6) is -0.626. The van der Waals surface area contributed by atoms with E-state index < -0.39 is 54.3 Å². The second-order valence-electron chi connectivity index (χ2n) is 10.8. The number of hydrogen-bond donors (Lipinski definition) is 1. The minimum absolute atomic E-state index is 0.114. The molecule has 194 valence electrons. The van der Waals surface area contributed by atoms with Gasteiger partial charge in [0.2, 0.25) is 0 Å². The number of rotatable bonds is 5. The maximum absolute atomic E-state index is 13.8. The summed E-state index contributed by atoms with van der Waals surface area (Å²) in [6.45, 7) is 12.4. The molecule has 0 spiro atoms. The monoisotopic (exact) mass is 500 g/mol. The Bertz CT molecular complexity index is 955. The third kappa shape index (κ3) is 6.40. The fourth-order valence-corrected chi connectivity index (χ4v) is 3.51. The van der Waals surface area contributed by atoms with Crippen molar-refractivity contribution in [3.05, 3.63) is 23.8 Å². The van der Waals surface area contributed by atoms with Gasteiger partial charge in [-0.25, -0.2) is 4.79 Å². The van der Waals surface area contributed by atoms with Gasteiger partial charge in [0.1, 0.15) is 11.4 Å². The average Bonchev–Trinajstić information content (AvgIpc) is 2.87. The van der Waals surface area contributed by atoms with Crippen LogP contribution in [0.15, 0.2) is 18.2 Å². The molecule has 1 N–H and O–H groups in total. The van der Waals surface area contributed by atoms with Crippen molar-refractivity contribution in [1.29, 1.82) is 0 Å². The molecule has 2 saturated heterocycles. The molecule has 0 saturated carbocycles. The van der Waals surface area contributed by atoms with Crippen LogP contribution in [0.3, 0.4) is 0 Å². The maximum atomic E-state index is 13.8. The van der Waals surface area contributed by atoms with Gasteiger partial charge in [-0.3, -0.25) is 4.79 Å². The molecular formula is C23H32BF3N2O6. The van der Waals surface area contributed by atoms with Gasteiger partial charge in [-0.05, 0) is 66.1 Å². The van der Waals surface area contributed by atoms with E-state index in [-0.39, 0.29) is 30.3 Å². The first-order valence-electron chi connectivity index (χ1n) is 11.3. The van der Waals surface area contributed by atoms with Crippen LogP contribution in [0.4, 0.5) is 18.0 Å². The quantitative estimate of drug-likeness (QED) is 0.626. The number of nitrogens with one attached hydrogen (secondary N) is 1. The van der Waals surface area contributed by atoms with Crippen molar-refractivity contribution in [3.8, 4) is 5.75 Å². The molecule has 0 bridgehead atoms. The van der Waals surface area contributed by atoms with Crippen LogP contribution < -0.4 is 15.5 Å². The topological polar surface area (TPSA) is 86.3 Å². The van der Waals surface area contributed by atoms with E-state index in [1.807, 2.05) is 0 Å². The number of halogens is 3. The number of nitrogens with zero attached hydrogens (tertiary/aromatic N) is 1. The van der Waals surface area contributed by atoms with Crippen LogP contribution in [-0.2, 0) is 25.0 Å². The van der Waals surface area contributed by atoms with Gasteiger partial charge in [0, 0.05) is 13.1 Å². The van der Waals surface area contributed by atoms with Crippen molar-refractivity contribution >= 4 is 24.6 Å². The van der Waals surface area contributed by atoms with Crippen molar-refractivity contribution in [3.63, 3.8) is 0 Å². The Morgan fingerprint density at radius 1 is 1.11 bits per heavy atom. The van der Waals surface area contributed by atoms with Crippen molar-refractivity contribution in [1.82, 2.24) is 10.2 Å². The van der Waals surface area contributed by atoms with Crippen molar-refractivity contribution in [2.45, 2.75) is 77.5 Å². The lowest BCUT2D eigenvalue weighted by Gasteiger charge is -2.39. The van der Waals surface area contributed by atoms with Crippen LogP contribution in [0.25, 0.3) is 0 Å². The largest absolute Gasteiger partial charge is 0.495 e. The Balaban J connectivity index is 1.58. The molecule has 2 heterocycles. The summed E-state index contributed by atoms with van der Waals surface area (Å²) in [6, 6.07) is 3.13. The molecule has 1 aromatic carbocycles. The van der Waals surface area contributed by atoms with Gasteiger partial charge >= 0.3 is 19.4 Å². The lowest BCUT2D eigenvalue weighted by molar-refractivity contribution is -0.137. The first kappa shape index (κ1) is 27.1. The molecule has 3 rings (SSSR count). The van der Waals surface area contributed by atoms with Gasteiger partial charge in [-0.2, -0.15) is 13.2 Å². The Morgan fingerprint density at radius 3 is 2.20 bits per heavy atom. The van der Waals surface area contributed by atoms with Gasteiger partial charge < -0.3 is 29.0 Å². The van der Waals surface area contributed by atoms with Crippen LogP contribution in [0.5, 0.6) is 5.75 Å². The highest BCUT2D eigenvalue weighted by atomic mass is 19.4. The highest BCUT2D eigenvalue weighted by Crippen LogP contribution is 2.38. The fourth-order valence-electron chi connectivity index (χ4n) is 3.51. The van der Waals surface area contributed by atoms with Gasteiger partial charge in [0.25, 0.3) is 5.91 Å². The van der Waals surface area contributed by atoms with E-state index in [1.165, 1.54) is 17.0 Å². The highest BCUT2D eigenvalue weighted by molar-refractivity contribution is 6.62. The zero-order valence-electron chi connectivity index (χ0n) is 21.0. The van der Waals surface area contributed by atoms with Crippen LogP contribution >= 0.6 is 0 Å². The van der Waals surface area contributed by atoms with Crippen molar-refractivity contribution in [2.24, 2.45) is 0 Å². The Kier molecular flexibility index (Phi) is 7.13. The zero-order valence-corrected chi connectivity index (χ0v) is 21.0. The number of benzene rings is 1. The van der Waals surface area contributed by atoms with E-state index in [9.17, 15) is 22.8 Å². The molecule has 2 amide bonds. The van der Waals surface area contributed by atoms with E-state index in [0.717, 1.165) is 6.07 Å².